The third kappa shape index (κ3) is 5.31. The first-order chi connectivity index (χ1) is 16.3. The Morgan fingerprint density at radius 2 is 2.09 bits per heavy atom. The summed E-state index contributed by atoms with van der Waals surface area (Å²) in [6, 6.07) is -0.804. The molecule has 1 radical (unpaired) electrons. The number of amides is 3. The number of nitrogens with one attached hydrogen (secondary N) is 1. The first-order valence-electron chi connectivity index (χ1n) is 10.9. The van der Waals surface area contributed by atoms with E-state index in [0.717, 1.165) is 31.1 Å². The van der Waals surface area contributed by atoms with Gasteiger partial charge in [0.25, 0.3) is 5.91 Å². The minimum Gasteiger partial charge on any atom is -0.477 e. The van der Waals surface area contributed by atoms with Gasteiger partial charge < -0.3 is 15.3 Å². The van der Waals surface area contributed by atoms with Crippen molar-refractivity contribution in [2.24, 2.45) is 13.0 Å². The molecule has 1 aliphatic carbocycles. The van der Waals surface area contributed by atoms with E-state index < -0.39 is 23.3 Å². The average molecular weight is 529 g/mol. The van der Waals surface area contributed by atoms with Crippen molar-refractivity contribution in [1.82, 2.24) is 35.3 Å². The van der Waals surface area contributed by atoms with Crippen LogP contribution in [0.25, 0.3) is 0 Å². The van der Waals surface area contributed by atoms with Gasteiger partial charge in [-0.25, -0.2) is 9.48 Å². The number of aliphatic carboxylic acids is 1. The van der Waals surface area contributed by atoms with Crippen LogP contribution in [0.5, 0.6) is 0 Å². The quantitative estimate of drug-likeness (QED) is 0.191. The van der Waals surface area contributed by atoms with Crippen LogP contribution in [-0.4, -0.2) is 124 Å². The SMILES string of the molecule is Cn1nnnc1SCC(=O)N[C@@H]1C(=O)N2C(C(=O)O)=C(C=C3CCN(CC4CC4)C3=O)CS[C@H]12.[Na]. The summed E-state index contributed by atoms with van der Waals surface area (Å²) in [5, 5.41) is 23.5. The fourth-order valence-corrected chi connectivity index (χ4v) is 6.21. The number of thioether (sulfide) groups is 2. The molecule has 1 aromatic rings. The van der Waals surface area contributed by atoms with Gasteiger partial charge in [0.2, 0.25) is 17.0 Å². The number of carbonyl (C=O) groups excluding carboxylic acids is 3. The Labute approximate surface area is 231 Å². The third-order valence-electron chi connectivity index (χ3n) is 6.17. The number of tetrazole rings is 1. The van der Waals surface area contributed by atoms with Crippen LogP contribution in [0.1, 0.15) is 19.3 Å². The molecule has 3 fully saturated rings. The number of aryl methyl sites for hydroxylation is 1. The van der Waals surface area contributed by atoms with Crippen LogP contribution in [0.15, 0.2) is 28.1 Å². The molecule has 1 saturated carbocycles. The Morgan fingerprint density at radius 3 is 2.74 bits per heavy atom. The summed E-state index contributed by atoms with van der Waals surface area (Å²) in [5.74, 6) is -1.17. The van der Waals surface area contributed by atoms with E-state index in [9.17, 15) is 24.3 Å². The second kappa shape index (κ2) is 10.6. The first-order valence-corrected chi connectivity index (χ1v) is 12.9. The maximum Gasteiger partial charge on any atom is 0.352 e. The second-order valence-electron chi connectivity index (χ2n) is 8.62. The summed E-state index contributed by atoms with van der Waals surface area (Å²) in [7, 11) is 1.66. The number of carbonyl (C=O) groups is 4. The Morgan fingerprint density at radius 1 is 1.31 bits per heavy atom. The van der Waals surface area contributed by atoms with E-state index in [4.69, 9.17) is 0 Å². The molecule has 15 heteroatoms. The molecular weight excluding hydrogens is 505 g/mol. The van der Waals surface area contributed by atoms with E-state index in [1.165, 1.54) is 21.3 Å². The number of carboxylic acid groups (broad SMARTS) is 1. The first kappa shape index (κ1) is 26.2. The van der Waals surface area contributed by atoms with Gasteiger partial charge in [-0.15, -0.1) is 16.9 Å². The molecule has 2 saturated heterocycles. The maximum absolute atomic E-state index is 12.8. The van der Waals surface area contributed by atoms with Crippen LogP contribution in [0, 0.1) is 5.92 Å². The van der Waals surface area contributed by atoms with Crippen molar-refractivity contribution in [2.75, 3.05) is 24.6 Å². The van der Waals surface area contributed by atoms with E-state index in [1.54, 1.807) is 13.1 Å². The van der Waals surface area contributed by atoms with E-state index in [2.05, 4.69) is 20.8 Å². The molecule has 12 nitrogen and oxygen atoms in total. The largest absolute Gasteiger partial charge is 0.477 e. The van der Waals surface area contributed by atoms with Gasteiger partial charge in [-0.05, 0) is 47.3 Å². The van der Waals surface area contributed by atoms with Crippen molar-refractivity contribution in [2.45, 2.75) is 35.8 Å². The molecule has 181 valence electrons. The number of aromatic nitrogens is 4. The Bertz CT molecular complexity index is 1130. The molecule has 4 aliphatic rings. The second-order valence-corrected chi connectivity index (χ2v) is 10.7. The summed E-state index contributed by atoms with van der Waals surface area (Å²) in [5.41, 5.74) is 0.926. The van der Waals surface area contributed by atoms with Gasteiger partial charge in [0.1, 0.15) is 17.1 Å². The van der Waals surface area contributed by atoms with Gasteiger partial charge in [0.05, 0.1) is 5.75 Å². The predicted molar refractivity (Wildman–Crippen MR) is 127 cm³/mol. The summed E-state index contributed by atoms with van der Waals surface area (Å²) < 4.78 is 1.44. The van der Waals surface area contributed by atoms with Crippen LogP contribution >= 0.6 is 23.5 Å². The molecule has 2 N–H and O–H groups in total. The molecular formula is C20H23N7NaO5S2. The molecule has 2 atom stereocenters. The minimum atomic E-state index is -1.22. The van der Waals surface area contributed by atoms with Crippen LogP contribution < -0.4 is 5.32 Å². The number of β-lactam (4-membered cyclic amide) rings is 1. The van der Waals surface area contributed by atoms with Gasteiger partial charge in [-0.3, -0.25) is 19.3 Å². The van der Waals surface area contributed by atoms with E-state index in [-0.39, 0.29) is 52.8 Å². The van der Waals surface area contributed by atoms with Crippen LogP contribution in [0.2, 0.25) is 0 Å². The number of hydrogen-bond acceptors (Lipinski definition) is 9. The molecule has 0 spiro atoms. The summed E-state index contributed by atoms with van der Waals surface area (Å²) >= 11 is 2.51. The number of carboxylic acids is 1. The van der Waals surface area contributed by atoms with Gasteiger partial charge >= 0.3 is 5.97 Å². The van der Waals surface area contributed by atoms with E-state index in [0.29, 0.717) is 40.9 Å². The van der Waals surface area contributed by atoms with Crippen molar-refractivity contribution in [1.29, 1.82) is 0 Å². The van der Waals surface area contributed by atoms with Crippen molar-refractivity contribution in [3.05, 3.63) is 22.9 Å². The van der Waals surface area contributed by atoms with Crippen molar-refractivity contribution >= 4 is 76.8 Å². The Hall–Kier alpha value is -1.87. The molecule has 0 aromatic carbocycles. The number of rotatable bonds is 8. The normalized spacial score (nSPS) is 24.9. The van der Waals surface area contributed by atoms with E-state index >= 15 is 0 Å². The Balaban J connectivity index is 0.00000289. The molecule has 1 aromatic heterocycles. The standard InChI is InChI=1S/C20H23N7O5S2.Na/c1-25-20(22-23-24-25)34-9-13(28)21-14-17(30)27-15(19(31)32)12(8-33-18(14)27)6-11-4-5-26(16(11)29)7-10-2-3-10;/h6,10,14,18H,2-5,7-9H2,1H3,(H,21,28)(H,31,32);/t14-,18-;/m1./s1. The molecule has 4 heterocycles. The number of likely N-dealkylation sites (tertiary alicyclic amines) is 1. The van der Waals surface area contributed by atoms with E-state index in [1.807, 2.05) is 4.90 Å². The molecule has 3 aliphatic heterocycles. The predicted octanol–water partition coefficient (Wildman–Crippen LogP) is -0.771. The zero-order valence-electron chi connectivity index (χ0n) is 19.3. The van der Waals surface area contributed by atoms with Crippen molar-refractivity contribution in [3.63, 3.8) is 0 Å². The zero-order valence-corrected chi connectivity index (χ0v) is 23.0. The smallest absolute Gasteiger partial charge is 0.352 e. The topological polar surface area (TPSA) is 151 Å². The van der Waals surface area contributed by atoms with Crippen molar-refractivity contribution < 1.29 is 24.3 Å². The number of hydrogen-bond donors (Lipinski definition) is 2. The number of nitrogens with zero attached hydrogens (tertiary/aromatic N) is 6. The van der Waals surface area contributed by atoms with Crippen LogP contribution in [0.4, 0.5) is 0 Å². The number of allylic oxidation sites excluding steroid dienone is 1. The molecule has 0 bridgehead atoms. The van der Waals surface area contributed by atoms with Crippen molar-refractivity contribution in [3.8, 4) is 0 Å². The maximum atomic E-state index is 12.8. The van der Waals surface area contributed by atoms with Crippen LogP contribution in [0.3, 0.4) is 0 Å². The third-order valence-corrected chi connectivity index (χ3v) is 8.48. The molecule has 5 rings (SSSR count). The monoisotopic (exact) mass is 528 g/mol. The fourth-order valence-electron chi connectivity index (χ4n) is 4.24. The zero-order chi connectivity index (χ0) is 24.0. The number of fused-ring (bicyclic) bond motifs is 1. The molecule has 0 unspecified atom stereocenters. The van der Waals surface area contributed by atoms with Gasteiger partial charge in [0.15, 0.2) is 0 Å². The summed E-state index contributed by atoms with van der Waals surface area (Å²) in [4.78, 5) is 53.0. The summed E-state index contributed by atoms with van der Waals surface area (Å²) in [6.45, 7) is 1.40. The van der Waals surface area contributed by atoms with Gasteiger partial charge in [0, 0.05) is 61.0 Å². The van der Waals surface area contributed by atoms with Gasteiger partial charge in [-0.1, -0.05) is 11.8 Å². The Kier molecular flexibility index (Phi) is 7.95. The van der Waals surface area contributed by atoms with Gasteiger partial charge in [-0.2, -0.15) is 0 Å². The fraction of sp³-hybridized carbons (Fsp3) is 0.550. The minimum absolute atomic E-state index is 0. The average Bonchev–Trinajstić information content (AvgIpc) is 3.45. The van der Waals surface area contributed by atoms with Crippen LogP contribution in [-0.2, 0) is 26.2 Å². The molecule has 3 amide bonds. The summed E-state index contributed by atoms with van der Waals surface area (Å²) in [6.07, 6.45) is 4.52. The molecule has 35 heavy (non-hydrogen) atoms.